The van der Waals surface area contributed by atoms with Gasteiger partial charge in [-0.3, -0.25) is 0 Å². The van der Waals surface area contributed by atoms with Crippen LogP contribution in [0.3, 0.4) is 0 Å². The fourth-order valence-corrected chi connectivity index (χ4v) is 1.65. The van der Waals surface area contributed by atoms with Crippen molar-refractivity contribution >= 4 is 11.6 Å². The van der Waals surface area contributed by atoms with E-state index in [9.17, 15) is 0 Å². The van der Waals surface area contributed by atoms with E-state index in [4.69, 9.17) is 26.8 Å². The molecule has 2 N–H and O–H groups in total. The van der Waals surface area contributed by atoms with E-state index in [0.717, 1.165) is 22.6 Å². The second kappa shape index (κ2) is 7.67. The molecule has 1 atom stereocenters. The first-order valence-corrected chi connectivity index (χ1v) is 6.11. The minimum Gasteiger partial charge on any atom is -0.382 e. The summed E-state index contributed by atoms with van der Waals surface area (Å²) < 4.78 is 10.3. The van der Waals surface area contributed by atoms with Crippen LogP contribution in [-0.2, 0) is 9.47 Å². The van der Waals surface area contributed by atoms with Crippen LogP contribution in [0.2, 0.25) is 5.02 Å². The highest BCUT2D eigenvalue weighted by Gasteiger charge is 2.07. The highest BCUT2D eigenvalue weighted by Crippen LogP contribution is 2.21. The smallest absolute Gasteiger partial charge is 0.0700 e. The van der Waals surface area contributed by atoms with Gasteiger partial charge in [-0.2, -0.15) is 0 Å². The van der Waals surface area contributed by atoms with Crippen molar-refractivity contribution < 1.29 is 9.47 Å². The van der Waals surface area contributed by atoms with Crippen molar-refractivity contribution in [3.05, 3.63) is 34.3 Å². The highest BCUT2D eigenvalue weighted by molar-refractivity contribution is 6.31. The second-order valence-electron chi connectivity index (χ2n) is 4.01. The lowest BCUT2D eigenvalue weighted by molar-refractivity contribution is 0.0672. The van der Waals surface area contributed by atoms with Gasteiger partial charge < -0.3 is 15.2 Å². The number of halogens is 1. The van der Waals surface area contributed by atoms with Gasteiger partial charge in [-0.15, -0.1) is 0 Å². The zero-order valence-electron chi connectivity index (χ0n) is 10.4. The summed E-state index contributed by atoms with van der Waals surface area (Å²) in [7, 11) is 1.66. The second-order valence-corrected chi connectivity index (χ2v) is 4.42. The van der Waals surface area contributed by atoms with Crippen LogP contribution in [0.5, 0.6) is 0 Å². The van der Waals surface area contributed by atoms with Crippen LogP contribution >= 0.6 is 11.6 Å². The van der Waals surface area contributed by atoms with Crippen molar-refractivity contribution in [2.75, 3.05) is 26.9 Å². The van der Waals surface area contributed by atoms with Gasteiger partial charge in [0.2, 0.25) is 0 Å². The minimum absolute atomic E-state index is 0.0318. The van der Waals surface area contributed by atoms with Gasteiger partial charge in [0, 0.05) is 24.8 Å². The fraction of sp³-hybridized carbons (Fsp3) is 0.538. The summed E-state index contributed by atoms with van der Waals surface area (Å²) >= 11 is 6.06. The van der Waals surface area contributed by atoms with Crippen molar-refractivity contribution in [1.29, 1.82) is 0 Å². The van der Waals surface area contributed by atoms with Crippen LogP contribution in [0.25, 0.3) is 0 Å². The fourth-order valence-electron chi connectivity index (χ4n) is 1.46. The predicted octanol–water partition coefficient (Wildman–Crippen LogP) is 2.70. The number of methoxy groups -OCH3 is 1. The monoisotopic (exact) mass is 257 g/mol. The summed E-state index contributed by atoms with van der Waals surface area (Å²) in [4.78, 5) is 0. The molecule has 0 radical (unpaired) electrons. The van der Waals surface area contributed by atoms with E-state index < -0.39 is 0 Å². The van der Waals surface area contributed by atoms with E-state index in [1.807, 2.05) is 25.1 Å². The Labute approximate surface area is 108 Å². The molecule has 96 valence electrons. The lowest BCUT2D eigenvalue weighted by Crippen LogP contribution is -2.14. The molecule has 1 aromatic rings. The predicted molar refractivity (Wildman–Crippen MR) is 70.4 cm³/mol. The molecule has 4 heteroatoms. The summed E-state index contributed by atoms with van der Waals surface area (Å²) in [5, 5.41) is 0.762. The van der Waals surface area contributed by atoms with Crippen molar-refractivity contribution in [1.82, 2.24) is 0 Å². The van der Waals surface area contributed by atoms with Gasteiger partial charge in [0.05, 0.1) is 13.2 Å². The molecule has 1 rings (SSSR count). The molecule has 0 bridgehead atoms. The van der Waals surface area contributed by atoms with Gasteiger partial charge in [-0.05, 0) is 30.5 Å². The van der Waals surface area contributed by atoms with Gasteiger partial charge in [-0.25, -0.2) is 0 Å². The number of ether oxygens (including phenoxy) is 2. The Kier molecular flexibility index (Phi) is 6.52. The maximum atomic E-state index is 6.06. The summed E-state index contributed by atoms with van der Waals surface area (Å²) in [6.07, 6.45) is 0.781. The first-order valence-electron chi connectivity index (χ1n) is 5.73. The van der Waals surface area contributed by atoms with E-state index in [1.54, 1.807) is 7.11 Å². The molecule has 0 heterocycles. The molecule has 0 amide bonds. The molecular formula is C13H20ClNO2. The summed E-state index contributed by atoms with van der Waals surface area (Å²) in [6.45, 7) is 3.84. The number of hydrogen-bond acceptors (Lipinski definition) is 3. The van der Waals surface area contributed by atoms with Crippen molar-refractivity contribution in [3.8, 4) is 0 Å². The Bertz CT molecular complexity index is 344. The van der Waals surface area contributed by atoms with Crippen LogP contribution in [0, 0.1) is 6.92 Å². The summed E-state index contributed by atoms with van der Waals surface area (Å²) in [5.74, 6) is 0. The Morgan fingerprint density at radius 3 is 2.71 bits per heavy atom. The Hall–Kier alpha value is -0.610. The summed E-state index contributed by atoms with van der Waals surface area (Å²) in [6, 6.07) is 5.90. The highest BCUT2D eigenvalue weighted by atomic mass is 35.5. The largest absolute Gasteiger partial charge is 0.382 e. The molecule has 0 spiro atoms. The third kappa shape index (κ3) is 5.04. The molecule has 0 aliphatic heterocycles. The Morgan fingerprint density at radius 1 is 1.29 bits per heavy atom. The van der Waals surface area contributed by atoms with Crippen LogP contribution in [0.4, 0.5) is 0 Å². The molecule has 1 unspecified atom stereocenters. The van der Waals surface area contributed by atoms with Crippen molar-refractivity contribution in [3.63, 3.8) is 0 Å². The minimum atomic E-state index is -0.0318. The number of hydrogen-bond donors (Lipinski definition) is 1. The molecule has 3 nitrogen and oxygen atoms in total. The normalized spacial score (nSPS) is 12.7. The molecule has 0 fully saturated rings. The number of nitrogens with two attached hydrogens (primary N) is 1. The number of aryl methyl sites for hydroxylation is 1. The lowest BCUT2D eigenvalue weighted by Gasteiger charge is -2.13. The van der Waals surface area contributed by atoms with Crippen LogP contribution in [-0.4, -0.2) is 26.9 Å². The molecule has 0 aliphatic rings. The van der Waals surface area contributed by atoms with Gasteiger partial charge in [0.1, 0.15) is 0 Å². The number of rotatable bonds is 7. The maximum Gasteiger partial charge on any atom is 0.0700 e. The molecular weight excluding hydrogens is 238 g/mol. The Morgan fingerprint density at radius 2 is 2.06 bits per heavy atom. The maximum absolute atomic E-state index is 6.06. The summed E-state index contributed by atoms with van der Waals surface area (Å²) in [5.41, 5.74) is 8.18. The Balaban J connectivity index is 2.36. The van der Waals surface area contributed by atoms with Crippen LogP contribution in [0.15, 0.2) is 18.2 Å². The quantitative estimate of drug-likeness (QED) is 0.764. The van der Waals surface area contributed by atoms with Crippen LogP contribution < -0.4 is 5.73 Å². The van der Waals surface area contributed by atoms with Gasteiger partial charge in [0.25, 0.3) is 0 Å². The third-order valence-corrected chi connectivity index (χ3v) is 3.04. The van der Waals surface area contributed by atoms with E-state index in [0.29, 0.717) is 19.8 Å². The average molecular weight is 258 g/mol. The molecule has 0 saturated carbocycles. The van der Waals surface area contributed by atoms with Crippen molar-refractivity contribution in [2.45, 2.75) is 19.4 Å². The molecule has 0 saturated heterocycles. The lowest BCUT2D eigenvalue weighted by atomic mass is 10.0. The zero-order chi connectivity index (χ0) is 12.7. The van der Waals surface area contributed by atoms with Crippen molar-refractivity contribution in [2.24, 2.45) is 5.73 Å². The molecule has 17 heavy (non-hydrogen) atoms. The molecule has 0 aromatic heterocycles. The molecule has 1 aromatic carbocycles. The molecule has 0 aliphatic carbocycles. The average Bonchev–Trinajstić information content (AvgIpc) is 2.32. The number of benzene rings is 1. The topological polar surface area (TPSA) is 44.5 Å². The first kappa shape index (κ1) is 14.5. The van der Waals surface area contributed by atoms with E-state index in [-0.39, 0.29) is 6.04 Å². The van der Waals surface area contributed by atoms with Crippen LogP contribution in [0.1, 0.15) is 23.6 Å². The third-order valence-electron chi connectivity index (χ3n) is 2.63. The standard InChI is InChI=1S/C13H20ClNO2/c1-10-3-4-11(9-12(10)14)13(15)5-6-17-8-7-16-2/h3-4,9,13H,5-8,15H2,1-2H3. The van der Waals surface area contributed by atoms with Gasteiger partial charge >= 0.3 is 0 Å². The zero-order valence-corrected chi connectivity index (χ0v) is 11.2. The van der Waals surface area contributed by atoms with E-state index >= 15 is 0 Å². The van der Waals surface area contributed by atoms with E-state index in [2.05, 4.69) is 0 Å². The SMILES string of the molecule is COCCOCCC(N)c1ccc(C)c(Cl)c1. The van der Waals surface area contributed by atoms with E-state index in [1.165, 1.54) is 0 Å². The first-order chi connectivity index (χ1) is 8.15. The van der Waals surface area contributed by atoms with Gasteiger partial charge in [0.15, 0.2) is 0 Å². The van der Waals surface area contributed by atoms with Gasteiger partial charge in [-0.1, -0.05) is 23.7 Å².